The number of carbonyl (C=O) groups is 1. The first kappa shape index (κ1) is 15.9. The number of rotatable bonds is 4. The number of amides is 1. The molecule has 0 aromatic carbocycles. The largest absolute Gasteiger partial charge is 0.383 e. The van der Waals surface area contributed by atoms with Crippen LogP contribution in [0, 0.1) is 0 Å². The van der Waals surface area contributed by atoms with Crippen molar-refractivity contribution in [3.8, 4) is 0 Å². The van der Waals surface area contributed by atoms with Gasteiger partial charge in [0.25, 0.3) is 5.91 Å². The zero-order valence-corrected chi connectivity index (χ0v) is 12.8. The zero-order valence-electron chi connectivity index (χ0n) is 12.1. The van der Waals surface area contributed by atoms with Crippen LogP contribution in [0.5, 0.6) is 0 Å². The van der Waals surface area contributed by atoms with Gasteiger partial charge in [0.15, 0.2) is 0 Å². The van der Waals surface area contributed by atoms with Gasteiger partial charge in [-0.25, -0.2) is 4.98 Å². The van der Waals surface area contributed by atoms with Crippen LogP contribution < -0.4 is 5.32 Å². The first-order valence-electron chi connectivity index (χ1n) is 6.22. The third-order valence-corrected chi connectivity index (χ3v) is 2.81. The molecule has 1 aromatic rings. The van der Waals surface area contributed by atoms with Crippen LogP contribution in [0.3, 0.4) is 0 Å². The molecular formula is C14H21ClN2O2. The average molecular weight is 285 g/mol. The number of hydrogen-bond donors (Lipinski definition) is 1. The first-order chi connectivity index (χ1) is 8.74. The molecule has 0 saturated carbocycles. The molecular weight excluding hydrogens is 264 g/mol. The SMILES string of the molecule is COCC(C)NC(=O)c1cc(Cl)nc(C(C)(C)C)c1. The highest BCUT2D eigenvalue weighted by molar-refractivity contribution is 6.29. The molecule has 1 unspecified atom stereocenters. The van der Waals surface area contributed by atoms with Crippen molar-refractivity contribution in [2.45, 2.75) is 39.2 Å². The van der Waals surface area contributed by atoms with E-state index in [2.05, 4.69) is 10.3 Å². The molecule has 5 heteroatoms. The van der Waals surface area contributed by atoms with Gasteiger partial charge in [0.1, 0.15) is 5.15 Å². The second-order valence-corrected chi connectivity index (χ2v) is 6.03. The molecule has 0 radical (unpaired) electrons. The Morgan fingerprint density at radius 1 is 1.47 bits per heavy atom. The van der Waals surface area contributed by atoms with Crippen LogP contribution in [-0.2, 0) is 10.2 Å². The lowest BCUT2D eigenvalue weighted by Crippen LogP contribution is -2.35. The predicted octanol–water partition coefficient (Wildman–Crippen LogP) is 2.80. The van der Waals surface area contributed by atoms with Crippen LogP contribution in [0.2, 0.25) is 5.15 Å². The van der Waals surface area contributed by atoms with E-state index in [4.69, 9.17) is 16.3 Å². The van der Waals surface area contributed by atoms with Crippen molar-refractivity contribution >= 4 is 17.5 Å². The normalized spacial score (nSPS) is 13.2. The fraction of sp³-hybridized carbons (Fsp3) is 0.571. The number of ether oxygens (including phenoxy) is 1. The number of hydrogen-bond acceptors (Lipinski definition) is 3. The van der Waals surface area contributed by atoms with Crippen molar-refractivity contribution < 1.29 is 9.53 Å². The van der Waals surface area contributed by atoms with Gasteiger partial charge in [-0.15, -0.1) is 0 Å². The number of carbonyl (C=O) groups excluding carboxylic acids is 1. The highest BCUT2D eigenvalue weighted by Crippen LogP contribution is 2.23. The first-order valence-corrected chi connectivity index (χ1v) is 6.59. The third kappa shape index (κ3) is 4.80. The van der Waals surface area contributed by atoms with Gasteiger partial charge in [0.2, 0.25) is 0 Å². The van der Waals surface area contributed by atoms with Gasteiger partial charge in [-0.1, -0.05) is 32.4 Å². The summed E-state index contributed by atoms with van der Waals surface area (Å²) in [6.45, 7) is 8.44. The monoisotopic (exact) mass is 284 g/mol. The molecule has 0 spiro atoms. The van der Waals surface area contributed by atoms with Crippen LogP contribution in [0.1, 0.15) is 43.7 Å². The van der Waals surface area contributed by atoms with Crippen LogP contribution in [-0.4, -0.2) is 30.6 Å². The maximum atomic E-state index is 12.1. The lowest BCUT2D eigenvalue weighted by molar-refractivity contribution is 0.0905. The number of methoxy groups -OCH3 is 1. The Bertz CT molecular complexity index is 455. The van der Waals surface area contributed by atoms with Gasteiger partial charge in [0, 0.05) is 29.8 Å². The Morgan fingerprint density at radius 2 is 2.11 bits per heavy atom. The summed E-state index contributed by atoms with van der Waals surface area (Å²) in [4.78, 5) is 16.4. The number of halogens is 1. The number of aromatic nitrogens is 1. The second kappa shape index (κ2) is 6.35. The molecule has 1 N–H and O–H groups in total. The second-order valence-electron chi connectivity index (χ2n) is 5.64. The van der Waals surface area contributed by atoms with Gasteiger partial charge in [-0.05, 0) is 19.1 Å². The Balaban J connectivity index is 2.95. The van der Waals surface area contributed by atoms with Gasteiger partial charge in [-0.2, -0.15) is 0 Å². The fourth-order valence-corrected chi connectivity index (χ4v) is 1.82. The van der Waals surface area contributed by atoms with E-state index in [0.29, 0.717) is 17.3 Å². The summed E-state index contributed by atoms with van der Waals surface area (Å²) in [5.74, 6) is -0.167. The molecule has 4 nitrogen and oxygen atoms in total. The number of nitrogens with zero attached hydrogens (tertiary/aromatic N) is 1. The van der Waals surface area contributed by atoms with E-state index in [1.807, 2.05) is 27.7 Å². The summed E-state index contributed by atoms with van der Waals surface area (Å²) >= 11 is 5.98. The lowest BCUT2D eigenvalue weighted by atomic mass is 9.91. The van der Waals surface area contributed by atoms with Crippen molar-refractivity contribution in [3.63, 3.8) is 0 Å². The van der Waals surface area contributed by atoms with Gasteiger partial charge in [-0.3, -0.25) is 4.79 Å². The Morgan fingerprint density at radius 3 is 2.63 bits per heavy atom. The lowest BCUT2D eigenvalue weighted by Gasteiger charge is -2.19. The van der Waals surface area contributed by atoms with Crippen molar-refractivity contribution in [3.05, 3.63) is 28.5 Å². The minimum atomic E-state index is -0.167. The molecule has 1 aromatic heterocycles. The van der Waals surface area contributed by atoms with E-state index in [1.54, 1.807) is 19.2 Å². The predicted molar refractivity (Wildman–Crippen MR) is 76.8 cm³/mol. The third-order valence-electron chi connectivity index (χ3n) is 2.62. The Labute approximate surface area is 119 Å². The van der Waals surface area contributed by atoms with Gasteiger partial charge in [0.05, 0.1) is 6.61 Å². The van der Waals surface area contributed by atoms with Crippen LogP contribution in [0.15, 0.2) is 12.1 Å². The summed E-state index contributed by atoms with van der Waals surface area (Å²) in [7, 11) is 1.60. The quantitative estimate of drug-likeness (QED) is 0.865. The summed E-state index contributed by atoms with van der Waals surface area (Å²) in [5.41, 5.74) is 1.16. The molecule has 0 saturated heterocycles. The molecule has 1 amide bonds. The Hall–Kier alpha value is -1.13. The topological polar surface area (TPSA) is 51.2 Å². The number of nitrogens with one attached hydrogen (secondary N) is 1. The van der Waals surface area contributed by atoms with E-state index in [0.717, 1.165) is 5.69 Å². The fourth-order valence-electron chi connectivity index (χ4n) is 1.61. The van der Waals surface area contributed by atoms with E-state index in [9.17, 15) is 4.79 Å². The maximum Gasteiger partial charge on any atom is 0.251 e. The molecule has 19 heavy (non-hydrogen) atoms. The van der Waals surface area contributed by atoms with E-state index < -0.39 is 0 Å². The van der Waals surface area contributed by atoms with Crippen molar-refractivity contribution in [1.29, 1.82) is 0 Å². The Kier molecular flexibility index (Phi) is 5.32. The molecule has 0 aliphatic rings. The highest BCUT2D eigenvalue weighted by atomic mass is 35.5. The molecule has 1 heterocycles. The van der Waals surface area contributed by atoms with E-state index >= 15 is 0 Å². The van der Waals surface area contributed by atoms with Gasteiger partial charge >= 0.3 is 0 Å². The minimum absolute atomic E-state index is 0.0532. The summed E-state index contributed by atoms with van der Waals surface area (Å²) in [5, 5.41) is 3.18. The smallest absolute Gasteiger partial charge is 0.251 e. The molecule has 0 aliphatic carbocycles. The highest BCUT2D eigenvalue weighted by Gasteiger charge is 2.19. The summed E-state index contributed by atoms with van der Waals surface area (Å²) in [6.07, 6.45) is 0. The molecule has 0 bridgehead atoms. The molecule has 1 rings (SSSR count). The molecule has 106 valence electrons. The molecule has 0 aliphatic heterocycles. The summed E-state index contributed by atoms with van der Waals surface area (Å²) in [6, 6.07) is 3.30. The van der Waals surface area contributed by atoms with Gasteiger partial charge < -0.3 is 10.1 Å². The van der Waals surface area contributed by atoms with E-state index in [1.165, 1.54) is 0 Å². The maximum absolute atomic E-state index is 12.1. The van der Waals surface area contributed by atoms with Crippen molar-refractivity contribution in [2.75, 3.05) is 13.7 Å². The standard InChI is InChI=1S/C14H21ClN2O2/c1-9(8-19-5)16-13(18)10-6-11(14(2,3)4)17-12(15)7-10/h6-7,9H,8H2,1-5H3,(H,16,18). The summed E-state index contributed by atoms with van der Waals surface area (Å²) < 4.78 is 4.99. The average Bonchev–Trinajstić information content (AvgIpc) is 2.27. The van der Waals surface area contributed by atoms with E-state index in [-0.39, 0.29) is 17.4 Å². The molecule has 0 fully saturated rings. The number of pyridine rings is 1. The zero-order chi connectivity index (χ0) is 14.6. The minimum Gasteiger partial charge on any atom is -0.383 e. The van der Waals surface area contributed by atoms with Crippen molar-refractivity contribution in [2.24, 2.45) is 0 Å². The molecule has 1 atom stereocenters. The van der Waals surface area contributed by atoms with Crippen molar-refractivity contribution in [1.82, 2.24) is 10.3 Å². The van der Waals surface area contributed by atoms with Crippen LogP contribution in [0.4, 0.5) is 0 Å². The van der Waals surface area contributed by atoms with Crippen LogP contribution >= 0.6 is 11.6 Å². The van der Waals surface area contributed by atoms with Crippen LogP contribution in [0.25, 0.3) is 0 Å².